The molecule has 172 valence electrons. The summed E-state index contributed by atoms with van der Waals surface area (Å²) in [6.45, 7) is 2.28. The number of amides is 3. The van der Waals surface area contributed by atoms with Crippen molar-refractivity contribution in [3.05, 3.63) is 88.7 Å². The van der Waals surface area contributed by atoms with Crippen LogP contribution in [0.2, 0.25) is 0 Å². The average Bonchev–Trinajstić information content (AvgIpc) is 3.22. The van der Waals surface area contributed by atoms with Crippen molar-refractivity contribution in [2.75, 3.05) is 6.54 Å². The van der Waals surface area contributed by atoms with Crippen LogP contribution in [0.4, 0.5) is 4.79 Å². The number of hydroxylamine groups is 1. The molecular formula is C24H26N4O5. The number of aromatic carboxylic acids is 1. The number of nitrogens with one attached hydrogen (secondary N) is 1. The number of aryl methyl sites for hydroxylation is 1. The van der Waals surface area contributed by atoms with E-state index < -0.39 is 17.9 Å². The molecule has 1 aromatic heterocycles. The molecule has 9 heteroatoms. The third-order valence-electron chi connectivity index (χ3n) is 5.14. The van der Waals surface area contributed by atoms with Crippen molar-refractivity contribution in [2.24, 2.45) is 0 Å². The standard InChI is InChI=1S/C24H26N4O5/c1-2-6-20-15-21(28(25-20)16-18-9-11-19(12-10-18)23(30)31)22(29)27(24(32)26-33)14-13-17-7-4-3-5-8-17/h3-5,7-12,15,33H,2,6,13-14,16H2,1H3,(H,26,32)(H,30,31). The number of carbonyl (C=O) groups excluding carboxylic acids is 2. The Balaban J connectivity index is 1.88. The molecule has 0 aliphatic rings. The Morgan fingerprint density at radius 2 is 1.70 bits per heavy atom. The monoisotopic (exact) mass is 450 g/mol. The third-order valence-corrected chi connectivity index (χ3v) is 5.14. The lowest BCUT2D eigenvalue weighted by molar-refractivity contribution is 0.0694. The number of urea groups is 1. The van der Waals surface area contributed by atoms with E-state index in [4.69, 9.17) is 5.11 Å². The molecule has 0 aliphatic carbocycles. The van der Waals surface area contributed by atoms with Crippen LogP contribution in [0.3, 0.4) is 0 Å². The van der Waals surface area contributed by atoms with Gasteiger partial charge in [-0.15, -0.1) is 0 Å². The van der Waals surface area contributed by atoms with Gasteiger partial charge in [0.05, 0.1) is 17.8 Å². The molecular weight excluding hydrogens is 424 g/mol. The van der Waals surface area contributed by atoms with Gasteiger partial charge in [0.1, 0.15) is 5.69 Å². The molecule has 3 rings (SSSR count). The fraction of sp³-hybridized carbons (Fsp3) is 0.250. The molecule has 0 radical (unpaired) electrons. The van der Waals surface area contributed by atoms with Gasteiger partial charge in [0.15, 0.2) is 0 Å². The van der Waals surface area contributed by atoms with Crippen molar-refractivity contribution in [3.8, 4) is 0 Å². The van der Waals surface area contributed by atoms with E-state index in [-0.39, 0.29) is 24.3 Å². The minimum atomic E-state index is -1.02. The second-order valence-corrected chi connectivity index (χ2v) is 7.54. The predicted octanol–water partition coefficient (Wildman–Crippen LogP) is 3.37. The van der Waals surface area contributed by atoms with Crippen molar-refractivity contribution in [3.63, 3.8) is 0 Å². The third kappa shape index (κ3) is 6.05. The number of benzene rings is 2. The first-order valence-electron chi connectivity index (χ1n) is 10.6. The fourth-order valence-electron chi connectivity index (χ4n) is 3.45. The summed E-state index contributed by atoms with van der Waals surface area (Å²) in [6, 6.07) is 16.4. The molecule has 33 heavy (non-hydrogen) atoms. The number of hydrogen-bond acceptors (Lipinski definition) is 5. The summed E-state index contributed by atoms with van der Waals surface area (Å²) >= 11 is 0. The molecule has 3 aromatic rings. The molecule has 0 unspecified atom stereocenters. The van der Waals surface area contributed by atoms with E-state index in [0.717, 1.165) is 22.4 Å². The smallest absolute Gasteiger partial charge is 0.348 e. The number of carbonyl (C=O) groups is 3. The first-order valence-corrected chi connectivity index (χ1v) is 10.6. The maximum absolute atomic E-state index is 13.4. The van der Waals surface area contributed by atoms with Crippen molar-refractivity contribution >= 4 is 17.9 Å². The molecule has 0 saturated heterocycles. The number of imide groups is 1. The van der Waals surface area contributed by atoms with E-state index in [1.54, 1.807) is 23.7 Å². The minimum absolute atomic E-state index is 0.0663. The van der Waals surface area contributed by atoms with E-state index in [1.807, 2.05) is 37.3 Å². The molecule has 0 aliphatic heterocycles. The van der Waals surface area contributed by atoms with Crippen LogP contribution >= 0.6 is 0 Å². The lowest BCUT2D eigenvalue weighted by Gasteiger charge is -2.20. The number of rotatable bonds is 9. The summed E-state index contributed by atoms with van der Waals surface area (Å²) in [4.78, 5) is 37.7. The molecule has 1 heterocycles. The molecule has 0 fully saturated rings. The first kappa shape index (κ1) is 23.7. The van der Waals surface area contributed by atoms with Gasteiger partial charge in [-0.3, -0.25) is 19.6 Å². The van der Waals surface area contributed by atoms with Gasteiger partial charge in [0.25, 0.3) is 5.91 Å². The van der Waals surface area contributed by atoms with Crippen LogP contribution in [-0.2, 0) is 19.4 Å². The molecule has 9 nitrogen and oxygen atoms in total. The Hall–Kier alpha value is -3.98. The Kier molecular flexibility index (Phi) is 7.93. The van der Waals surface area contributed by atoms with Crippen molar-refractivity contribution in [1.29, 1.82) is 0 Å². The van der Waals surface area contributed by atoms with Crippen LogP contribution in [0.5, 0.6) is 0 Å². The molecule has 3 N–H and O–H groups in total. The Morgan fingerprint density at radius 3 is 2.30 bits per heavy atom. The van der Waals surface area contributed by atoms with E-state index in [0.29, 0.717) is 18.5 Å². The first-order chi connectivity index (χ1) is 15.9. The number of carboxylic acids is 1. The minimum Gasteiger partial charge on any atom is -0.478 e. The van der Waals surface area contributed by atoms with Gasteiger partial charge in [-0.05, 0) is 42.2 Å². The molecule has 0 spiro atoms. The zero-order chi connectivity index (χ0) is 23.8. The SMILES string of the molecule is CCCc1cc(C(=O)N(CCc2ccccc2)C(=O)NO)n(Cc2ccc(C(=O)O)cc2)n1. The van der Waals surface area contributed by atoms with Gasteiger partial charge in [-0.2, -0.15) is 5.10 Å². The van der Waals surface area contributed by atoms with Gasteiger partial charge < -0.3 is 5.11 Å². The van der Waals surface area contributed by atoms with Gasteiger partial charge in [0, 0.05) is 6.54 Å². The van der Waals surface area contributed by atoms with Crippen LogP contribution in [0.15, 0.2) is 60.7 Å². The highest BCUT2D eigenvalue weighted by Crippen LogP contribution is 2.15. The van der Waals surface area contributed by atoms with Gasteiger partial charge in [-0.25, -0.2) is 15.1 Å². The zero-order valence-electron chi connectivity index (χ0n) is 18.3. The maximum Gasteiger partial charge on any atom is 0.348 e. The van der Waals surface area contributed by atoms with Crippen LogP contribution in [0, 0.1) is 0 Å². The van der Waals surface area contributed by atoms with Crippen molar-refractivity contribution in [1.82, 2.24) is 20.2 Å². The lowest BCUT2D eigenvalue weighted by Crippen LogP contribution is -2.44. The number of aromatic nitrogens is 2. The van der Waals surface area contributed by atoms with Crippen molar-refractivity contribution < 1.29 is 24.7 Å². The summed E-state index contributed by atoms with van der Waals surface area (Å²) < 4.78 is 1.50. The van der Waals surface area contributed by atoms with Crippen molar-refractivity contribution in [2.45, 2.75) is 32.7 Å². The van der Waals surface area contributed by atoms with Gasteiger partial charge in [-0.1, -0.05) is 55.8 Å². The summed E-state index contributed by atoms with van der Waals surface area (Å²) in [7, 11) is 0. The highest BCUT2D eigenvalue weighted by atomic mass is 16.5. The lowest BCUT2D eigenvalue weighted by atomic mass is 10.1. The maximum atomic E-state index is 13.4. The molecule has 0 bridgehead atoms. The molecule has 0 atom stereocenters. The number of hydrogen-bond donors (Lipinski definition) is 3. The second-order valence-electron chi connectivity index (χ2n) is 7.54. The van der Waals surface area contributed by atoms with E-state index in [1.165, 1.54) is 16.8 Å². The van der Waals surface area contributed by atoms with E-state index >= 15 is 0 Å². The zero-order valence-corrected chi connectivity index (χ0v) is 18.3. The van der Waals surface area contributed by atoms with E-state index in [9.17, 15) is 19.6 Å². The normalized spacial score (nSPS) is 10.6. The highest BCUT2D eigenvalue weighted by molar-refractivity contribution is 6.03. The molecule has 0 saturated carbocycles. The quantitative estimate of drug-likeness (QED) is 0.339. The fourth-order valence-corrected chi connectivity index (χ4v) is 3.45. The van der Waals surface area contributed by atoms with Gasteiger partial charge in [0.2, 0.25) is 0 Å². The topological polar surface area (TPSA) is 125 Å². The molecule has 2 aromatic carbocycles. The summed E-state index contributed by atoms with van der Waals surface area (Å²) in [5, 5.41) is 22.8. The highest BCUT2D eigenvalue weighted by Gasteiger charge is 2.26. The Morgan fingerprint density at radius 1 is 1.00 bits per heavy atom. The average molecular weight is 450 g/mol. The largest absolute Gasteiger partial charge is 0.478 e. The second kappa shape index (κ2) is 11.1. The summed E-state index contributed by atoms with van der Waals surface area (Å²) in [6.07, 6.45) is 1.90. The number of nitrogens with zero attached hydrogens (tertiary/aromatic N) is 3. The van der Waals surface area contributed by atoms with Crippen LogP contribution in [0.1, 0.15) is 51.0 Å². The van der Waals surface area contributed by atoms with Crippen LogP contribution in [-0.4, -0.2) is 49.4 Å². The summed E-state index contributed by atoms with van der Waals surface area (Å²) in [5.74, 6) is -1.61. The molecule has 3 amide bonds. The Bertz CT molecular complexity index is 1110. The number of carboxylic acid groups (broad SMARTS) is 1. The van der Waals surface area contributed by atoms with Crippen LogP contribution < -0.4 is 5.48 Å². The summed E-state index contributed by atoms with van der Waals surface area (Å²) in [5.41, 5.74) is 4.32. The van der Waals surface area contributed by atoms with E-state index in [2.05, 4.69) is 5.10 Å². The Labute approximate surface area is 191 Å². The predicted molar refractivity (Wildman–Crippen MR) is 120 cm³/mol. The van der Waals surface area contributed by atoms with Crippen LogP contribution in [0.25, 0.3) is 0 Å². The van der Waals surface area contributed by atoms with Gasteiger partial charge >= 0.3 is 12.0 Å².